The summed E-state index contributed by atoms with van der Waals surface area (Å²) in [5.74, 6) is -1.47. The summed E-state index contributed by atoms with van der Waals surface area (Å²) in [5, 5.41) is 2.86. The second-order valence-electron chi connectivity index (χ2n) is 6.88. The number of hydrogen-bond acceptors (Lipinski definition) is 3. The maximum atomic E-state index is 12.6. The van der Waals surface area contributed by atoms with Gasteiger partial charge in [0.1, 0.15) is 6.54 Å². The molecule has 0 aromatic heterocycles. The second kappa shape index (κ2) is 7.19. The van der Waals surface area contributed by atoms with Crippen LogP contribution < -0.4 is 5.32 Å². The third kappa shape index (κ3) is 3.28. The SMILES string of the molecule is O=C(CN1C(=O)C2CC=CCC2C1=O)Nc1ccccc1-c1ccccc1. The van der Waals surface area contributed by atoms with Gasteiger partial charge in [0.15, 0.2) is 0 Å². The van der Waals surface area contributed by atoms with Gasteiger partial charge in [-0.2, -0.15) is 0 Å². The lowest BCUT2D eigenvalue weighted by molar-refractivity contribution is -0.142. The summed E-state index contributed by atoms with van der Waals surface area (Å²) in [6.07, 6.45) is 5.02. The van der Waals surface area contributed by atoms with Crippen molar-refractivity contribution in [1.82, 2.24) is 4.90 Å². The van der Waals surface area contributed by atoms with E-state index in [0.717, 1.165) is 16.0 Å². The van der Waals surface area contributed by atoms with Gasteiger partial charge in [-0.3, -0.25) is 19.3 Å². The van der Waals surface area contributed by atoms with E-state index in [1.165, 1.54) is 0 Å². The molecule has 3 amide bonds. The van der Waals surface area contributed by atoms with Crippen LogP contribution in [-0.2, 0) is 14.4 Å². The van der Waals surface area contributed by atoms with Crippen molar-refractivity contribution < 1.29 is 14.4 Å². The first-order valence-corrected chi connectivity index (χ1v) is 9.09. The van der Waals surface area contributed by atoms with Crippen LogP contribution in [0.5, 0.6) is 0 Å². The lowest BCUT2D eigenvalue weighted by Crippen LogP contribution is -2.38. The maximum absolute atomic E-state index is 12.6. The number of allylic oxidation sites excluding steroid dienone is 2. The molecule has 0 spiro atoms. The van der Waals surface area contributed by atoms with Crippen LogP contribution in [0.25, 0.3) is 11.1 Å². The summed E-state index contributed by atoms with van der Waals surface area (Å²) in [6, 6.07) is 17.2. The highest BCUT2D eigenvalue weighted by Gasteiger charge is 2.47. The molecule has 5 nitrogen and oxygen atoms in total. The third-order valence-corrected chi connectivity index (χ3v) is 5.19. The fraction of sp³-hybridized carbons (Fsp3) is 0.227. The van der Waals surface area contributed by atoms with Crippen LogP contribution >= 0.6 is 0 Å². The summed E-state index contributed by atoms with van der Waals surface area (Å²) in [4.78, 5) is 38.7. The molecule has 1 aliphatic carbocycles. The molecule has 1 fully saturated rings. The van der Waals surface area contributed by atoms with E-state index in [2.05, 4.69) is 5.32 Å². The summed E-state index contributed by atoms with van der Waals surface area (Å²) < 4.78 is 0. The van der Waals surface area contributed by atoms with Gasteiger partial charge in [-0.15, -0.1) is 0 Å². The number of para-hydroxylation sites is 1. The molecule has 0 saturated carbocycles. The van der Waals surface area contributed by atoms with Crippen LogP contribution in [0.15, 0.2) is 66.7 Å². The largest absolute Gasteiger partial charge is 0.324 e. The van der Waals surface area contributed by atoms with Gasteiger partial charge in [0.05, 0.1) is 11.8 Å². The Balaban J connectivity index is 1.50. The van der Waals surface area contributed by atoms with Crippen LogP contribution in [0.1, 0.15) is 12.8 Å². The molecule has 5 heteroatoms. The van der Waals surface area contributed by atoms with Crippen molar-refractivity contribution in [2.24, 2.45) is 11.8 Å². The second-order valence-corrected chi connectivity index (χ2v) is 6.88. The molecule has 136 valence electrons. The number of nitrogens with one attached hydrogen (secondary N) is 1. The number of fused-ring (bicyclic) bond motifs is 1. The third-order valence-electron chi connectivity index (χ3n) is 5.19. The van der Waals surface area contributed by atoms with E-state index in [0.29, 0.717) is 18.5 Å². The Morgan fingerprint density at radius 1 is 0.889 bits per heavy atom. The zero-order valence-electron chi connectivity index (χ0n) is 14.8. The minimum absolute atomic E-state index is 0.235. The first-order valence-electron chi connectivity index (χ1n) is 9.09. The highest BCUT2D eigenvalue weighted by molar-refractivity contribution is 6.09. The van der Waals surface area contributed by atoms with Gasteiger partial charge >= 0.3 is 0 Å². The van der Waals surface area contributed by atoms with Crippen molar-refractivity contribution in [2.45, 2.75) is 12.8 Å². The van der Waals surface area contributed by atoms with E-state index in [4.69, 9.17) is 0 Å². The number of amides is 3. The maximum Gasteiger partial charge on any atom is 0.244 e. The Morgan fingerprint density at radius 2 is 1.48 bits per heavy atom. The molecule has 4 rings (SSSR count). The molecule has 2 aliphatic rings. The van der Waals surface area contributed by atoms with Crippen molar-refractivity contribution in [2.75, 3.05) is 11.9 Å². The Labute approximate surface area is 157 Å². The standard InChI is InChI=1S/C22H20N2O3/c25-20(14-24-21(26)17-11-4-5-12-18(17)22(24)27)23-19-13-7-6-10-16(19)15-8-2-1-3-9-15/h1-10,13,17-18H,11-12,14H2,(H,23,25). The number of carbonyl (C=O) groups is 3. The fourth-order valence-corrected chi connectivity index (χ4v) is 3.82. The van der Waals surface area contributed by atoms with Crippen LogP contribution in [0, 0.1) is 11.8 Å². The average Bonchev–Trinajstić information content (AvgIpc) is 2.94. The van der Waals surface area contributed by atoms with Gasteiger partial charge < -0.3 is 5.32 Å². The predicted octanol–water partition coefficient (Wildman–Crippen LogP) is 3.24. The van der Waals surface area contributed by atoms with E-state index in [1.807, 2.05) is 66.7 Å². The van der Waals surface area contributed by atoms with Crippen LogP contribution in [0.2, 0.25) is 0 Å². The van der Waals surface area contributed by atoms with E-state index < -0.39 is 0 Å². The quantitative estimate of drug-likeness (QED) is 0.672. The van der Waals surface area contributed by atoms with Crippen LogP contribution in [0.4, 0.5) is 5.69 Å². The molecule has 2 aromatic rings. The zero-order chi connectivity index (χ0) is 18.8. The molecule has 2 unspecified atom stereocenters. The predicted molar refractivity (Wildman–Crippen MR) is 103 cm³/mol. The van der Waals surface area contributed by atoms with Gasteiger partial charge in [0.25, 0.3) is 0 Å². The van der Waals surface area contributed by atoms with E-state index in [1.54, 1.807) is 0 Å². The topological polar surface area (TPSA) is 66.5 Å². The number of hydrogen-bond donors (Lipinski definition) is 1. The monoisotopic (exact) mass is 360 g/mol. The molecule has 1 saturated heterocycles. The number of imide groups is 1. The Bertz CT molecular complexity index is 894. The lowest BCUT2D eigenvalue weighted by Gasteiger charge is -2.16. The van der Waals surface area contributed by atoms with Gasteiger partial charge in [-0.25, -0.2) is 0 Å². The number of rotatable bonds is 4. The molecule has 0 bridgehead atoms. The minimum atomic E-state index is -0.369. The van der Waals surface area contributed by atoms with Gasteiger partial charge in [0, 0.05) is 11.3 Å². The first kappa shape index (κ1) is 17.2. The van der Waals surface area contributed by atoms with Gasteiger partial charge in [0.2, 0.25) is 17.7 Å². The van der Waals surface area contributed by atoms with Crippen LogP contribution in [-0.4, -0.2) is 29.2 Å². The summed E-state index contributed by atoms with van der Waals surface area (Å²) >= 11 is 0. The molecule has 1 heterocycles. The van der Waals surface area contributed by atoms with Crippen molar-refractivity contribution in [3.05, 3.63) is 66.7 Å². The molecule has 2 atom stereocenters. The van der Waals surface area contributed by atoms with Crippen molar-refractivity contribution in [3.63, 3.8) is 0 Å². The smallest absolute Gasteiger partial charge is 0.244 e. The first-order chi connectivity index (χ1) is 13.1. The van der Waals surface area contributed by atoms with Gasteiger partial charge in [-0.05, 0) is 24.5 Å². The molecule has 2 aromatic carbocycles. The van der Waals surface area contributed by atoms with E-state index >= 15 is 0 Å². The molecule has 27 heavy (non-hydrogen) atoms. The number of anilines is 1. The Kier molecular flexibility index (Phi) is 4.59. The number of nitrogens with zero attached hydrogens (tertiary/aromatic N) is 1. The molecule has 1 N–H and O–H groups in total. The van der Waals surface area contributed by atoms with Crippen molar-refractivity contribution in [1.29, 1.82) is 0 Å². The fourth-order valence-electron chi connectivity index (χ4n) is 3.82. The average molecular weight is 360 g/mol. The van der Waals surface area contributed by atoms with Gasteiger partial charge in [-0.1, -0.05) is 60.7 Å². The van der Waals surface area contributed by atoms with Crippen LogP contribution in [0.3, 0.4) is 0 Å². The normalized spacial score (nSPS) is 21.3. The summed E-state index contributed by atoms with van der Waals surface area (Å²) in [7, 11) is 0. The molecule has 0 radical (unpaired) electrons. The number of benzene rings is 2. The lowest BCUT2D eigenvalue weighted by atomic mass is 9.85. The Morgan fingerprint density at radius 3 is 2.15 bits per heavy atom. The van der Waals surface area contributed by atoms with Crippen molar-refractivity contribution >= 4 is 23.4 Å². The van der Waals surface area contributed by atoms with E-state index in [-0.39, 0.29) is 36.1 Å². The summed E-state index contributed by atoms with van der Waals surface area (Å²) in [6.45, 7) is -0.242. The summed E-state index contributed by atoms with van der Waals surface area (Å²) in [5.41, 5.74) is 2.54. The highest BCUT2D eigenvalue weighted by atomic mass is 16.2. The molecule has 1 aliphatic heterocycles. The van der Waals surface area contributed by atoms with Crippen molar-refractivity contribution in [3.8, 4) is 11.1 Å². The minimum Gasteiger partial charge on any atom is -0.324 e. The molecular weight excluding hydrogens is 340 g/mol. The number of likely N-dealkylation sites (tertiary alicyclic amines) is 1. The van der Waals surface area contributed by atoms with E-state index in [9.17, 15) is 14.4 Å². The number of carbonyl (C=O) groups excluding carboxylic acids is 3. The molecular formula is C22H20N2O3. The Hall–Kier alpha value is -3.21. The zero-order valence-corrected chi connectivity index (χ0v) is 14.8. The highest BCUT2D eigenvalue weighted by Crippen LogP contribution is 2.35.